The standard InChI is InChI=1S/C19H28N4O2/c1-14(2)6-7-17(24)23-11-10-22-13-16(20-19(22)15(23)3)12-18(25)21-8-4-5-9-21/h4-5,13-15H,6-12H2,1-3H3/t15-/m0/s1. The van der Waals surface area contributed by atoms with Crippen LogP contribution in [0.5, 0.6) is 0 Å². The van der Waals surface area contributed by atoms with Crippen molar-refractivity contribution in [3.8, 4) is 0 Å². The van der Waals surface area contributed by atoms with Crippen LogP contribution in [0.4, 0.5) is 0 Å². The van der Waals surface area contributed by atoms with E-state index in [0.29, 0.717) is 38.4 Å². The zero-order valence-electron chi connectivity index (χ0n) is 15.4. The average Bonchev–Trinajstić information content (AvgIpc) is 3.22. The second kappa shape index (κ2) is 7.42. The molecule has 0 saturated carbocycles. The van der Waals surface area contributed by atoms with Gasteiger partial charge in [-0.1, -0.05) is 26.0 Å². The molecule has 2 aliphatic heterocycles. The molecule has 6 heteroatoms. The van der Waals surface area contributed by atoms with Crippen molar-refractivity contribution in [3.63, 3.8) is 0 Å². The minimum atomic E-state index is -0.0364. The van der Waals surface area contributed by atoms with Gasteiger partial charge in [-0.3, -0.25) is 9.59 Å². The Labute approximate surface area is 149 Å². The van der Waals surface area contributed by atoms with E-state index in [-0.39, 0.29) is 17.9 Å². The third-order valence-corrected chi connectivity index (χ3v) is 5.04. The largest absolute Gasteiger partial charge is 0.335 e. The molecule has 6 nitrogen and oxygen atoms in total. The first-order valence-electron chi connectivity index (χ1n) is 9.24. The van der Waals surface area contributed by atoms with Gasteiger partial charge in [-0.2, -0.15) is 0 Å². The molecule has 0 spiro atoms. The molecular formula is C19H28N4O2. The zero-order valence-corrected chi connectivity index (χ0v) is 15.4. The minimum absolute atomic E-state index is 0.0364. The zero-order chi connectivity index (χ0) is 18.0. The molecular weight excluding hydrogens is 316 g/mol. The number of amides is 2. The summed E-state index contributed by atoms with van der Waals surface area (Å²) in [5.41, 5.74) is 0.801. The fraction of sp³-hybridized carbons (Fsp3) is 0.632. The topological polar surface area (TPSA) is 58.4 Å². The Hall–Kier alpha value is -2.11. The molecule has 0 radical (unpaired) electrons. The summed E-state index contributed by atoms with van der Waals surface area (Å²) >= 11 is 0. The van der Waals surface area contributed by atoms with Gasteiger partial charge in [0.2, 0.25) is 11.8 Å². The van der Waals surface area contributed by atoms with E-state index in [1.54, 1.807) is 0 Å². The van der Waals surface area contributed by atoms with E-state index >= 15 is 0 Å². The van der Waals surface area contributed by atoms with Crippen LogP contribution in [0.2, 0.25) is 0 Å². The number of hydrogen-bond acceptors (Lipinski definition) is 3. The van der Waals surface area contributed by atoms with Crippen LogP contribution < -0.4 is 0 Å². The van der Waals surface area contributed by atoms with Crippen molar-refractivity contribution in [2.75, 3.05) is 19.6 Å². The van der Waals surface area contributed by atoms with Crippen LogP contribution >= 0.6 is 0 Å². The van der Waals surface area contributed by atoms with E-state index in [0.717, 1.165) is 24.5 Å². The van der Waals surface area contributed by atoms with Crippen molar-refractivity contribution >= 4 is 11.8 Å². The quantitative estimate of drug-likeness (QED) is 0.769. The summed E-state index contributed by atoms with van der Waals surface area (Å²) in [6.45, 7) is 9.16. The molecule has 1 aromatic rings. The molecule has 2 amide bonds. The monoisotopic (exact) mass is 344 g/mol. The smallest absolute Gasteiger partial charge is 0.229 e. The number of nitrogens with zero attached hydrogens (tertiary/aromatic N) is 4. The van der Waals surface area contributed by atoms with Gasteiger partial charge in [0.15, 0.2) is 0 Å². The van der Waals surface area contributed by atoms with Crippen molar-refractivity contribution in [1.82, 2.24) is 19.4 Å². The summed E-state index contributed by atoms with van der Waals surface area (Å²) in [6.07, 6.45) is 7.84. The Morgan fingerprint density at radius 1 is 1.20 bits per heavy atom. The van der Waals surface area contributed by atoms with Gasteiger partial charge in [-0.15, -0.1) is 0 Å². The summed E-state index contributed by atoms with van der Waals surface area (Å²) in [4.78, 5) is 33.2. The Kier molecular flexibility index (Phi) is 5.25. The number of rotatable bonds is 5. The first kappa shape index (κ1) is 17.7. The summed E-state index contributed by atoms with van der Waals surface area (Å²) in [6, 6.07) is -0.0364. The van der Waals surface area contributed by atoms with Crippen LogP contribution in [0.3, 0.4) is 0 Å². The lowest BCUT2D eigenvalue weighted by Crippen LogP contribution is -2.41. The van der Waals surface area contributed by atoms with Crippen LogP contribution in [-0.2, 0) is 22.6 Å². The highest BCUT2D eigenvalue weighted by Crippen LogP contribution is 2.26. The van der Waals surface area contributed by atoms with Gasteiger partial charge < -0.3 is 14.4 Å². The van der Waals surface area contributed by atoms with Gasteiger partial charge in [-0.05, 0) is 19.3 Å². The third-order valence-electron chi connectivity index (χ3n) is 5.04. The molecule has 3 heterocycles. The lowest BCUT2D eigenvalue weighted by molar-refractivity contribution is -0.135. The Morgan fingerprint density at radius 2 is 1.92 bits per heavy atom. The SMILES string of the molecule is CC(C)CCC(=O)N1CCn2cc(CC(=O)N3CC=CC3)nc2[C@@H]1C. The van der Waals surface area contributed by atoms with Crippen molar-refractivity contribution in [2.45, 2.75) is 52.6 Å². The van der Waals surface area contributed by atoms with Gasteiger partial charge in [-0.25, -0.2) is 4.98 Å². The number of carbonyl (C=O) groups excluding carboxylic acids is 2. The predicted molar refractivity (Wildman–Crippen MR) is 95.9 cm³/mol. The average molecular weight is 344 g/mol. The lowest BCUT2D eigenvalue weighted by atomic mass is 10.1. The van der Waals surface area contributed by atoms with Gasteiger partial charge in [0, 0.05) is 38.8 Å². The first-order chi connectivity index (χ1) is 12.0. The van der Waals surface area contributed by atoms with Crippen LogP contribution in [-0.4, -0.2) is 50.8 Å². The fourth-order valence-corrected chi connectivity index (χ4v) is 3.48. The molecule has 25 heavy (non-hydrogen) atoms. The third kappa shape index (κ3) is 3.94. The second-order valence-corrected chi connectivity index (χ2v) is 7.43. The molecule has 1 atom stereocenters. The van der Waals surface area contributed by atoms with Crippen LogP contribution in [0.25, 0.3) is 0 Å². The Bertz CT molecular complexity index is 669. The molecule has 0 aromatic carbocycles. The van der Waals surface area contributed by atoms with Crippen LogP contribution in [0.1, 0.15) is 51.2 Å². The number of imidazole rings is 1. The molecule has 0 unspecified atom stereocenters. The first-order valence-corrected chi connectivity index (χ1v) is 9.24. The van der Waals surface area contributed by atoms with Crippen molar-refractivity contribution in [1.29, 1.82) is 0 Å². The highest BCUT2D eigenvalue weighted by Gasteiger charge is 2.30. The van der Waals surface area contributed by atoms with E-state index in [1.165, 1.54) is 0 Å². The van der Waals surface area contributed by atoms with Gasteiger partial charge in [0.25, 0.3) is 0 Å². The summed E-state index contributed by atoms with van der Waals surface area (Å²) in [5, 5.41) is 0. The van der Waals surface area contributed by atoms with E-state index in [2.05, 4.69) is 23.4 Å². The van der Waals surface area contributed by atoms with Crippen molar-refractivity contribution in [3.05, 3.63) is 29.9 Å². The summed E-state index contributed by atoms with van der Waals surface area (Å²) in [7, 11) is 0. The highest BCUT2D eigenvalue weighted by molar-refractivity contribution is 5.79. The van der Waals surface area contributed by atoms with E-state index in [4.69, 9.17) is 0 Å². The lowest BCUT2D eigenvalue weighted by Gasteiger charge is -2.34. The van der Waals surface area contributed by atoms with E-state index in [1.807, 2.05) is 35.1 Å². The molecule has 2 aliphatic rings. The fourth-order valence-electron chi connectivity index (χ4n) is 3.48. The minimum Gasteiger partial charge on any atom is -0.335 e. The molecule has 136 valence electrons. The highest BCUT2D eigenvalue weighted by atomic mass is 16.2. The molecule has 0 fully saturated rings. The number of hydrogen-bond donors (Lipinski definition) is 0. The molecule has 0 N–H and O–H groups in total. The summed E-state index contributed by atoms with van der Waals surface area (Å²) in [5.74, 6) is 1.74. The maximum absolute atomic E-state index is 12.5. The Morgan fingerprint density at radius 3 is 2.60 bits per heavy atom. The predicted octanol–water partition coefficient (Wildman–Crippen LogP) is 2.16. The van der Waals surface area contributed by atoms with Crippen molar-refractivity contribution < 1.29 is 9.59 Å². The van der Waals surface area contributed by atoms with Crippen LogP contribution in [0, 0.1) is 5.92 Å². The van der Waals surface area contributed by atoms with Gasteiger partial charge >= 0.3 is 0 Å². The molecule has 0 bridgehead atoms. The van der Waals surface area contributed by atoms with Crippen LogP contribution in [0.15, 0.2) is 18.3 Å². The second-order valence-electron chi connectivity index (χ2n) is 7.43. The molecule has 3 rings (SSSR count). The number of carbonyl (C=O) groups is 2. The number of aromatic nitrogens is 2. The molecule has 0 saturated heterocycles. The normalized spacial score (nSPS) is 19.6. The van der Waals surface area contributed by atoms with Gasteiger partial charge in [0.1, 0.15) is 5.82 Å². The van der Waals surface area contributed by atoms with Gasteiger partial charge in [0.05, 0.1) is 18.2 Å². The Balaban J connectivity index is 1.65. The molecule has 0 aliphatic carbocycles. The van der Waals surface area contributed by atoms with Crippen molar-refractivity contribution in [2.24, 2.45) is 5.92 Å². The van der Waals surface area contributed by atoms with E-state index in [9.17, 15) is 9.59 Å². The maximum Gasteiger partial charge on any atom is 0.229 e. The molecule has 1 aromatic heterocycles. The number of fused-ring (bicyclic) bond motifs is 1. The van der Waals surface area contributed by atoms with E-state index < -0.39 is 0 Å². The summed E-state index contributed by atoms with van der Waals surface area (Å²) < 4.78 is 2.10. The maximum atomic E-state index is 12.5.